The van der Waals surface area contributed by atoms with E-state index in [9.17, 15) is 8.42 Å². The van der Waals surface area contributed by atoms with E-state index in [1.165, 1.54) is 11.3 Å². The van der Waals surface area contributed by atoms with E-state index in [1.807, 2.05) is 27.0 Å². The molecule has 0 aliphatic carbocycles. The molecule has 0 bridgehead atoms. The summed E-state index contributed by atoms with van der Waals surface area (Å²) in [7, 11) is -1.46. The van der Waals surface area contributed by atoms with Gasteiger partial charge in [0.2, 0.25) is 10.0 Å². The molecule has 2 N–H and O–H groups in total. The fourth-order valence-electron chi connectivity index (χ4n) is 1.30. The maximum atomic E-state index is 11.8. The van der Waals surface area contributed by atoms with Gasteiger partial charge in [0.25, 0.3) is 0 Å². The van der Waals surface area contributed by atoms with Crippen LogP contribution in [0.5, 0.6) is 0 Å². The van der Waals surface area contributed by atoms with Crippen LogP contribution < -0.4 is 10.0 Å². The zero-order valence-electron chi connectivity index (χ0n) is 9.78. The molecule has 1 atom stereocenters. The highest BCUT2D eigenvalue weighted by Gasteiger charge is 2.16. The van der Waals surface area contributed by atoms with Crippen LogP contribution in [0.4, 0.5) is 0 Å². The molecular weight excluding hydrogens is 244 g/mol. The third-order valence-corrected chi connectivity index (χ3v) is 5.07. The SMILES string of the molecule is CNCC(C)CNS(=O)(=O)c1ccc(C)s1. The molecule has 0 aliphatic heterocycles. The van der Waals surface area contributed by atoms with Gasteiger partial charge in [0.1, 0.15) is 4.21 Å². The molecule has 0 fully saturated rings. The molecule has 92 valence electrons. The van der Waals surface area contributed by atoms with Gasteiger partial charge in [-0.2, -0.15) is 0 Å². The second kappa shape index (κ2) is 5.77. The molecule has 0 spiro atoms. The lowest BCUT2D eigenvalue weighted by atomic mass is 10.2. The summed E-state index contributed by atoms with van der Waals surface area (Å²) in [5, 5.41) is 3.02. The van der Waals surface area contributed by atoms with E-state index in [0.717, 1.165) is 11.4 Å². The van der Waals surface area contributed by atoms with Crippen LogP contribution in [-0.4, -0.2) is 28.6 Å². The van der Waals surface area contributed by atoms with Crippen LogP contribution in [0, 0.1) is 12.8 Å². The van der Waals surface area contributed by atoms with E-state index in [-0.39, 0.29) is 5.92 Å². The summed E-state index contributed by atoms with van der Waals surface area (Å²) < 4.78 is 26.7. The first-order chi connectivity index (χ1) is 7.45. The second-order valence-corrected chi connectivity index (χ2v) is 7.16. The van der Waals surface area contributed by atoms with Gasteiger partial charge in [0, 0.05) is 11.4 Å². The molecule has 1 aromatic heterocycles. The monoisotopic (exact) mass is 262 g/mol. The highest BCUT2D eigenvalue weighted by atomic mass is 32.2. The quantitative estimate of drug-likeness (QED) is 0.809. The Morgan fingerprint density at radius 2 is 2.06 bits per heavy atom. The van der Waals surface area contributed by atoms with Crippen LogP contribution in [0.2, 0.25) is 0 Å². The molecular formula is C10H18N2O2S2. The summed E-state index contributed by atoms with van der Waals surface area (Å²) in [6.45, 7) is 5.15. The summed E-state index contributed by atoms with van der Waals surface area (Å²) in [5.74, 6) is 0.279. The average Bonchev–Trinajstić information content (AvgIpc) is 2.63. The van der Waals surface area contributed by atoms with Gasteiger partial charge in [-0.15, -0.1) is 11.3 Å². The van der Waals surface area contributed by atoms with Crippen LogP contribution in [0.1, 0.15) is 11.8 Å². The third kappa shape index (κ3) is 3.86. The molecule has 1 unspecified atom stereocenters. The summed E-state index contributed by atoms with van der Waals surface area (Å²) in [6.07, 6.45) is 0. The number of rotatable bonds is 6. The first-order valence-corrected chi connectivity index (χ1v) is 7.46. The Balaban J connectivity index is 2.59. The summed E-state index contributed by atoms with van der Waals surface area (Å²) in [5.41, 5.74) is 0. The molecule has 1 heterocycles. The minimum absolute atomic E-state index is 0.279. The van der Waals surface area contributed by atoms with Crippen LogP contribution in [0.3, 0.4) is 0 Å². The molecule has 0 radical (unpaired) electrons. The lowest BCUT2D eigenvalue weighted by molar-refractivity contribution is 0.519. The highest BCUT2D eigenvalue weighted by Crippen LogP contribution is 2.20. The second-order valence-electron chi connectivity index (χ2n) is 3.88. The zero-order chi connectivity index (χ0) is 12.2. The van der Waals surface area contributed by atoms with Crippen molar-refractivity contribution in [2.24, 2.45) is 5.92 Å². The maximum absolute atomic E-state index is 11.8. The van der Waals surface area contributed by atoms with Crippen molar-refractivity contribution >= 4 is 21.4 Å². The van der Waals surface area contributed by atoms with E-state index >= 15 is 0 Å². The van der Waals surface area contributed by atoms with Crippen LogP contribution in [0.25, 0.3) is 0 Å². The molecule has 1 rings (SSSR count). The van der Waals surface area contributed by atoms with E-state index in [0.29, 0.717) is 10.8 Å². The highest BCUT2D eigenvalue weighted by molar-refractivity contribution is 7.91. The molecule has 0 amide bonds. The molecule has 0 saturated heterocycles. The van der Waals surface area contributed by atoms with Crippen molar-refractivity contribution in [1.29, 1.82) is 0 Å². The fraction of sp³-hybridized carbons (Fsp3) is 0.600. The standard InChI is InChI=1S/C10H18N2O2S2/c1-8(6-11-3)7-12-16(13,14)10-5-4-9(2)15-10/h4-5,8,11-12H,6-7H2,1-3H3. The van der Waals surface area contributed by atoms with Gasteiger partial charge in [0.05, 0.1) is 0 Å². The van der Waals surface area contributed by atoms with Gasteiger partial charge < -0.3 is 5.32 Å². The van der Waals surface area contributed by atoms with E-state index < -0.39 is 10.0 Å². The number of hydrogen-bond acceptors (Lipinski definition) is 4. The molecule has 6 heteroatoms. The number of aryl methyl sites for hydroxylation is 1. The number of thiophene rings is 1. The molecule has 0 aliphatic rings. The first-order valence-electron chi connectivity index (χ1n) is 5.16. The summed E-state index contributed by atoms with van der Waals surface area (Å²) >= 11 is 1.29. The summed E-state index contributed by atoms with van der Waals surface area (Å²) in [4.78, 5) is 1.00. The summed E-state index contributed by atoms with van der Waals surface area (Å²) in [6, 6.07) is 3.46. The van der Waals surface area contributed by atoms with Crippen molar-refractivity contribution in [3.63, 3.8) is 0 Å². The molecule has 0 saturated carbocycles. The largest absolute Gasteiger partial charge is 0.319 e. The zero-order valence-corrected chi connectivity index (χ0v) is 11.4. The lowest BCUT2D eigenvalue weighted by Gasteiger charge is -2.11. The van der Waals surface area contributed by atoms with Crippen LogP contribution >= 0.6 is 11.3 Å². The van der Waals surface area contributed by atoms with Crippen molar-refractivity contribution in [1.82, 2.24) is 10.0 Å². The smallest absolute Gasteiger partial charge is 0.250 e. The molecule has 16 heavy (non-hydrogen) atoms. The Morgan fingerprint density at radius 1 is 1.38 bits per heavy atom. The van der Waals surface area contributed by atoms with Gasteiger partial charge in [-0.1, -0.05) is 6.92 Å². The van der Waals surface area contributed by atoms with Crippen molar-refractivity contribution in [3.8, 4) is 0 Å². The van der Waals surface area contributed by atoms with Gasteiger partial charge in [-0.05, 0) is 38.6 Å². The number of nitrogens with one attached hydrogen (secondary N) is 2. The Hall–Kier alpha value is -0.430. The van der Waals surface area contributed by atoms with Crippen molar-refractivity contribution in [2.45, 2.75) is 18.1 Å². The van der Waals surface area contributed by atoms with E-state index in [2.05, 4.69) is 10.0 Å². The topological polar surface area (TPSA) is 58.2 Å². The van der Waals surface area contributed by atoms with E-state index in [4.69, 9.17) is 0 Å². The first kappa shape index (κ1) is 13.6. The van der Waals surface area contributed by atoms with Gasteiger partial charge in [0.15, 0.2) is 0 Å². The molecule has 1 aromatic rings. The lowest BCUT2D eigenvalue weighted by Crippen LogP contribution is -2.31. The Morgan fingerprint density at radius 3 is 2.56 bits per heavy atom. The molecule has 4 nitrogen and oxygen atoms in total. The molecule has 0 aromatic carbocycles. The van der Waals surface area contributed by atoms with Crippen molar-refractivity contribution in [3.05, 3.63) is 17.0 Å². The van der Waals surface area contributed by atoms with Gasteiger partial charge >= 0.3 is 0 Å². The number of sulfonamides is 1. The van der Waals surface area contributed by atoms with Gasteiger partial charge in [-0.3, -0.25) is 0 Å². The van der Waals surface area contributed by atoms with Crippen LogP contribution in [-0.2, 0) is 10.0 Å². The predicted octanol–water partition coefficient (Wildman–Crippen LogP) is 1.19. The average molecular weight is 262 g/mol. The third-order valence-electron chi connectivity index (χ3n) is 2.15. The van der Waals surface area contributed by atoms with Gasteiger partial charge in [-0.25, -0.2) is 13.1 Å². The normalized spacial score (nSPS) is 13.9. The number of hydrogen-bond donors (Lipinski definition) is 2. The maximum Gasteiger partial charge on any atom is 0.250 e. The van der Waals surface area contributed by atoms with Crippen molar-refractivity contribution < 1.29 is 8.42 Å². The minimum Gasteiger partial charge on any atom is -0.319 e. The van der Waals surface area contributed by atoms with Crippen LogP contribution in [0.15, 0.2) is 16.3 Å². The van der Waals surface area contributed by atoms with Crippen molar-refractivity contribution in [2.75, 3.05) is 20.1 Å². The minimum atomic E-state index is -3.31. The van der Waals surface area contributed by atoms with E-state index in [1.54, 1.807) is 6.07 Å². The fourth-order valence-corrected chi connectivity index (χ4v) is 3.79. The predicted molar refractivity (Wildman–Crippen MR) is 67.3 cm³/mol. The Kier molecular flexibility index (Phi) is 4.91. The Labute approximate surface area is 101 Å². The Bertz CT molecular complexity index is 426.